The first-order chi connectivity index (χ1) is 13.7. The maximum Gasteiger partial charge on any atom is 0.271 e. The average Bonchev–Trinajstić information content (AvgIpc) is 3.41. The van der Waals surface area contributed by atoms with E-state index in [9.17, 15) is 4.79 Å². The normalized spacial score (nSPS) is 34.5. The van der Waals surface area contributed by atoms with Crippen molar-refractivity contribution in [1.29, 1.82) is 0 Å². The Morgan fingerprint density at radius 3 is 2.71 bits per heavy atom. The van der Waals surface area contributed by atoms with E-state index in [2.05, 4.69) is 49.6 Å². The Balaban J connectivity index is 1.22. The monoisotopic (exact) mass is 397 g/mol. The number of nitrogens with zero attached hydrogens (tertiary/aromatic N) is 4. The second-order valence-corrected chi connectivity index (χ2v) is 9.87. The third-order valence-electron chi connectivity index (χ3n) is 7.49. The zero-order valence-electron chi connectivity index (χ0n) is 16.3. The molecule has 7 rings (SSSR count). The Morgan fingerprint density at radius 2 is 2.04 bits per heavy atom. The number of aromatic nitrogens is 1. The minimum atomic E-state index is -0.000366. The molecule has 0 radical (unpaired) electrons. The van der Waals surface area contributed by atoms with E-state index in [1.807, 2.05) is 0 Å². The Bertz CT molecular complexity index is 919. The highest BCUT2D eigenvalue weighted by atomic mass is 32.1. The molecule has 0 spiro atoms. The number of rotatable bonds is 3. The van der Waals surface area contributed by atoms with E-state index in [4.69, 9.17) is 0 Å². The van der Waals surface area contributed by atoms with Gasteiger partial charge in [0.15, 0.2) is 0 Å². The lowest BCUT2D eigenvalue weighted by atomic mass is 9.84. The highest BCUT2D eigenvalue weighted by molar-refractivity contribution is 7.13. The van der Waals surface area contributed by atoms with E-state index in [0.29, 0.717) is 23.7 Å². The van der Waals surface area contributed by atoms with Gasteiger partial charge in [-0.15, -0.1) is 0 Å². The molecule has 5 fully saturated rings. The number of carbonyl (C=O) groups excluding carboxylic acids is 1. The summed E-state index contributed by atoms with van der Waals surface area (Å²) in [6.45, 7) is 5.63. The smallest absolute Gasteiger partial charge is 0.271 e. The van der Waals surface area contributed by atoms with E-state index in [1.165, 1.54) is 49.6 Å². The zero-order valence-corrected chi connectivity index (χ0v) is 17.1. The van der Waals surface area contributed by atoms with Crippen molar-refractivity contribution in [3.63, 3.8) is 0 Å². The number of anilines is 1. The second-order valence-electron chi connectivity index (χ2n) is 9.06. The lowest BCUT2D eigenvalue weighted by Crippen LogP contribution is -2.57. The van der Waals surface area contributed by atoms with E-state index < -0.39 is 0 Å². The summed E-state index contributed by atoms with van der Waals surface area (Å²) >= 11 is 1.45. The maximum absolute atomic E-state index is 12.9. The Morgan fingerprint density at radius 1 is 1.18 bits per heavy atom. The van der Waals surface area contributed by atoms with E-state index in [-0.39, 0.29) is 11.9 Å². The van der Waals surface area contributed by atoms with Crippen LogP contribution in [-0.2, 0) is 0 Å². The molecule has 5 saturated heterocycles. The van der Waals surface area contributed by atoms with Gasteiger partial charge in [0.2, 0.25) is 0 Å². The molecule has 148 valence electrons. The number of carbonyl (C=O) groups is 1. The summed E-state index contributed by atoms with van der Waals surface area (Å²) < 4.78 is 5.66. The third kappa shape index (κ3) is 2.67. The lowest BCUT2D eigenvalue weighted by Gasteiger charge is -2.44. The van der Waals surface area contributed by atoms with Crippen LogP contribution >= 0.6 is 11.5 Å². The van der Waals surface area contributed by atoms with Crippen molar-refractivity contribution in [2.24, 2.45) is 5.92 Å². The van der Waals surface area contributed by atoms with Gasteiger partial charge in [0.05, 0.1) is 4.70 Å². The number of piperidine rings is 3. The molecular weight excluding hydrogens is 370 g/mol. The molecule has 5 aliphatic rings. The number of piperazine rings is 1. The maximum atomic E-state index is 12.9. The minimum Gasteiger partial charge on any atom is -0.366 e. The molecule has 0 unspecified atom stereocenters. The van der Waals surface area contributed by atoms with Crippen molar-refractivity contribution in [3.05, 3.63) is 23.9 Å². The van der Waals surface area contributed by atoms with E-state index in [1.54, 1.807) is 0 Å². The molecule has 6 heterocycles. The van der Waals surface area contributed by atoms with Gasteiger partial charge in [-0.3, -0.25) is 9.69 Å². The molecule has 7 heteroatoms. The molecule has 5 aliphatic heterocycles. The molecule has 2 aromatic rings. The van der Waals surface area contributed by atoms with Crippen LogP contribution in [0, 0.1) is 5.92 Å². The predicted octanol–water partition coefficient (Wildman–Crippen LogP) is 2.01. The van der Waals surface area contributed by atoms with Crippen LogP contribution in [0.1, 0.15) is 29.8 Å². The van der Waals surface area contributed by atoms with Crippen molar-refractivity contribution in [3.8, 4) is 0 Å². The number of nitrogens with one attached hydrogen (secondary N) is 1. The highest BCUT2D eigenvalue weighted by Crippen LogP contribution is 2.36. The fourth-order valence-corrected chi connectivity index (χ4v) is 6.62. The number of likely N-dealkylation sites (N-methyl/N-ethyl adjacent to an activating group) is 1. The first-order valence-electron chi connectivity index (χ1n) is 10.6. The Hall–Kier alpha value is -1.70. The van der Waals surface area contributed by atoms with Crippen LogP contribution in [0.3, 0.4) is 0 Å². The molecular formula is C21H27N5OS. The topological polar surface area (TPSA) is 51.7 Å². The molecule has 1 amide bonds. The summed E-state index contributed by atoms with van der Waals surface area (Å²) in [4.78, 5) is 20.4. The average molecular weight is 398 g/mol. The summed E-state index contributed by atoms with van der Waals surface area (Å²) in [7, 11) is 2.23. The molecule has 1 aromatic heterocycles. The van der Waals surface area contributed by atoms with Gasteiger partial charge in [0.1, 0.15) is 5.69 Å². The summed E-state index contributed by atoms with van der Waals surface area (Å²) in [6.07, 6.45) is 3.68. The van der Waals surface area contributed by atoms with Crippen LogP contribution in [0.2, 0.25) is 0 Å². The predicted molar refractivity (Wildman–Crippen MR) is 112 cm³/mol. The number of benzene rings is 1. The molecule has 1 N–H and O–H groups in total. The van der Waals surface area contributed by atoms with Crippen LogP contribution in [0.4, 0.5) is 5.69 Å². The van der Waals surface area contributed by atoms with E-state index >= 15 is 0 Å². The number of hydrogen-bond donors (Lipinski definition) is 1. The van der Waals surface area contributed by atoms with Crippen LogP contribution in [0.25, 0.3) is 10.1 Å². The number of likely N-dealkylation sites (tertiary alicyclic amines) is 1. The van der Waals surface area contributed by atoms with Crippen molar-refractivity contribution in [2.75, 3.05) is 44.7 Å². The summed E-state index contributed by atoms with van der Waals surface area (Å²) in [6, 6.07) is 8.12. The largest absolute Gasteiger partial charge is 0.366 e. The van der Waals surface area contributed by atoms with Gasteiger partial charge in [0.25, 0.3) is 5.91 Å². The number of fused-ring (bicyclic) bond motifs is 6. The Kier molecular flexibility index (Phi) is 3.93. The fourth-order valence-electron chi connectivity index (χ4n) is 5.82. The van der Waals surface area contributed by atoms with Gasteiger partial charge in [-0.2, -0.15) is 4.37 Å². The van der Waals surface area contributed by atoms with Crippen molar-refractivity contribution in [2.45, 2.75) is 37.4 Å². The quantitative estimate of drug-likeness (QED) is 0.859. The van der Waals surface area contributed by atoms with Gasteiger partial charge in [0, 0.05) is 48.8 Å². The molecule has 0 saturated carbocycles. The molecule has 28 heavy (non-hydrogen) atoms. The van der Waals surface area contributed by atoms with Crippen molar-refractivity contribution in [1.82, 2.24) is 19.5 Å². The minimum absolute atomic E-state index is 0.000366. The van der Waals surface area contributed by atoms with E-state index in [0.717, 1.165) is 29.7 Å². The lowest BCUT2D eigenvalue weighted by molar-refractivity contribution is 0.0619. The first kappa shape index (κ1) is 17.2. The molecule has 4 bridgehead atoms. The second kappa shape index (κ2) is 6.40. The summed E-state index contributed by atoms with van der Waals surface area (Å²) in [5.74, 6) is 0.633. The highest BCUT2D eigenvalue weighted by Gasteiger charge is 2.41. The number of amides is 1. The summed E-state index contributed by atoms with van der Waals surface area (Å²) in [5.41, 5.74) is 1.88. The Labute approximate surface area is 169 Å². The standard InChI is InChI=1S/C21H27N5OS/c1-24-10-16-8-15(24)11-26(16)14-2-3-17-19(9-14)28-23-20(17)21(27)22-18-12-25-6-4-13(18)5-7-25/h2-3,9,13,15-16,18H,4-8,10-12H2,1H3,(H,22,27)/t15-,16-,18-/m1/s1. The van der Waals surface area contributed by atoms with Gasteiger partial charge in [-0.05, 0) is 75.0 Å². The van der Waals surface area contributed by atoms with Gasteiger partial charge in [-0.1, -0.05) is 0 Å². The summed E-state index contributed by atoms with van der Waals surface area (Å²) in [5, 5.41) is 4.28. The fraction of sp³-hybridized carbons (Fsp3) is 0.619. The molecule has 3 atom stereocenters. The first-order valence-corrected chi connectivity index (χ1v) is 11.3. The van der Waals surface area contributed by atoms with Crippen LogP contribution in [0.5, 0.6) is 0 Å². The van der Waals surface area contributed by atoms with Crippen LogP contribution < -0.4 is 10.2 Å². The van der Waals surface area contributed by atoms with Gasteiger partial charge in [-0.25, -0.2) is 0 Å². The zero-order chi connectivity index (χ0) is 18.8. The third-order valence-corrected chi connectivity index (χ3v) is 8.30. The van der Waals surface area contributed by atoms with Gasteiger partial charge >= 0.3 is 0 Å². The molecule has 1 aromatic carbocycles. The van der Waals surface area contributed by atoms with Crippen molar-refractivity contribution < 1.29 is 4.79 Å². The molecule has 6 nitrogen and oxygen atoms in total. The SMILES string of the molecule is CN1C[C@H]2C[C@@H]1CN2c1ccc2c(C(=O)N[C@@H]3CN4CCC3CC4)nsc2c1. The van der Waals surface area contributed by atoms with Crippen LogP contribution in [-0.4, -0.2) is 78.0 Å². The van der Waals surface area contributed by atoms with Gasteiger partial charge < -0.3 is 15.1 Å². The van der Waals surface area contributed by atoms with Crippen molar-refractivity contribution >= 4 is 33.2 Å². The van der Waals surface area contributed by atoms with Crippen LogP contribution in [0.15, 0.2) is 18.2 Å². The number of hydrogen-bond acceptors (Lipinski definition) is 6. The molecule has 0 aliphatic carbocycles.